The molecular weight excluding hydrogens is 254 g/mol. The van der Waals surface area contributed by atoms with Crippen LogP contribution in [0, 0.1) is 0 Å². The Labute approximate surface area is 110 Å². The number of esters is 1. The first-order chi connectivity index (χ1) is 8.70. The summed E-state index contributed by atoms with van der Waals surface area (Å²) < 4.78 is 5.00. The molecule has 1 aliphatic heterocycles. The second-order valence-corrected chi connectivity index (χ2v) is 4.19. The van der Waals surface area contributed by atoms with Crippen LogP contribution in [0.1, 0.15) is 19.8 Å². The van der Waals surface area contributed by atoms with Gasteiger partial charge in [0.15, 0.2) is 0 Å². The Kier molecular flexibility index (Phi) is 4.15. The lowest BCUT2D eigenvalue weighted by Gasteiger charge is -2.25. The van der Waals surface area contributed by atoms with Gasteiger partial charge >= 0.3 is 5.97 Å². The smallest absolute Gasteiger partial charge is 0.335 e. The Morgan fingerprint density at radius 3 is 3.17 bits per heavy atom. The SMILES string of the molecule is CCOC(=O)C1=CN(c2ccnc(Cl)n2)CCC1. The normalized spacial score (nSPS) is 15.2. The molecule has 0 radical (unpaired) electrons. The van der Waals surface area contributed by atoms with Crippen molar-refractivity contribution in [2.24, 2.45) is 0 Å². The van der Waals surface area contributed by atoms with Crippen LogP contribution in [-0.2, 0) is 9.53 Å². The van der Waals surface area contributed by atoms with Crippen molar-refractivity contribution in [1.82, 2.24) is 9.97 Å². The van der Waals surface area contributed by atoms with Gasteiger partial charge in [-0.2, -0.15) is 0 Å². The quantitative estimate of drug-likeness (QED) is 0.621. The molecule has 0 atom stereocenters. The molecule has 0 aliphatic carbocycles. The van der Waals surface area contributed by atoms with E-state index in [0.717, 1.165) is 19.4 Å². The fourth-order valence-electron chi connectivity index (χ4n) is 1.80. The molecule has 0 fully saturated rings. The van der Waals surface area contributed by atoms with Crippen molar-refractivity contribution in [3.63, 3.8) is 0 Å². The lowest BCUT2D eigenvalue weighted by molar-refractivity contribution is -0.138. The largest absolute Gasteiger partial charge is 0.463 e. The molecule has 0 unspecified atom stereocenters. The van der Waals surface area contributed by atoms with Gasteiger partial charge in [0, 0.05) is 18.9 Å². The highest BCUT2D eigenvalue weighted by molar-refractivity contribution is 6.28. The fraction of sp³-hybridized carbons (Fsp3) is 0.417. The van der Waals surface area contributed by atoms with Gasteiger partial charge < -0.3 is 9.64 Å². The van der Waals surface area contributed by atoms with Crippen molar-refractivity contribution in [2.45, 2.75) is 19.8 Å². The summed E-state index contributed by atoms with van der Waals surface area (Å²) in [7, 11) is 0. The third-order valence-electron chi connectivity index (χ3n) is 2.60. The average Bonchev–Trinajstić information content (AvgIpc) is 2.39. The fourth-order valence-corrected chi connectivity index (χ4v) is 1.95. The van der Waals surface area contributed by atoms with E-state index in [-0.39, 0.29) is 11.3 Å². The van der Waals surface area contributed by atoms with Crippen LogP contribution in [0.4, 0.5) is 5.82 Å². The Hall–Kier alpha value is -1.62. The van der Waals surface area contributed by atoms with Crippen LogP contribution < -0.4 is 4.90 Å². The molecule has 6 heteroatoms. The number of hydrogen-bond acceptors (Lipinski definition) is 5. The average molecular weight is 268 g/mol. The molecule has 2 rings (SSSR count). The van der Waals surface area contributed by atoms with E-state index >= 15 is 0 Å². The Morgan fingerprint density at radius 1 is 1.61 bits per heavy atom. The van der Waals surface area contributed by atoms with Gasteiger partial charge in [-0.15, -0.1) is 0 Å². The second-order valence-electron chi connectivity index (χ2n) is 3.86. The molecule has 0 N–H and O–H groups in total. The summed E-state index contributed by atoms with van der Waals surface area (Å²) >= 11 is 5.75. The zero-order valence-electron chi connectivity index (χ0n) is 10.1. The first-order valence-corrected chi connectivity index (χ1v) is 6.21. The van der Waals surface area contributed by atoms with Crippen LogP contribution in [0.2, 0.25) is 5.28 Å². The zero-order chi connectivity index (χ0) is 13.0. The molecule has 1 aliphatic rings. The van der Waals surface area contributed by atoms with Crippen molar-refractivity contribution in [3.8, 4) is 0 Å². The van der Waals surface area contributed by atoms with E-state index in [1.165, 1.54) is 0 Å². The summed E-state index contributed by atoms with van der Waals surface area (Å²) in [6.45, 7) is 2.98. The summed E-state index contributed by atoms with van der Waals surface area (Å²) in [6.07, 6.45) is 4.98. The maximum absolute atomic E-state index is 11.7. The summed E-state index contributed by atoms with van der Waals surface area (Å²) in [6, 6.07) is 1.76. The maximum Gasteiger partial charge on any atom is 0.335 e. The van der Waals surface area contributed by atoms with Crippen molar-refractivity contribution in [3.05, 3.63) is 29.3 Å². The Bertz CT molecular complexity index is 476. The van der Waals surface area contributed by atoms with Gasteiger partial charge in [0.2, 0.25) is 5.28 Å². The highest BCUT2D eigenvalue weighted by atomic mass is 35.5. The number of hydrogen-bond donors (Lipinski definition) is 0. The number of nitrogens with zero attached hydrogens (tertiary/aromatic N) is 3. The van der Waals surface area contributed by atoms with Crippen LogP contribution in [0.25, 0.3) is 0 Å². The van der Waals surface area contributed by atoms with Gasteiger partial charge in [-0.25, -0.2) is 14.8 Å². The van der Waals surface area contributed by atoms with Crippen molar-refractivity contribution in [1.29, 1.82) is 0 Å². The van der Waals surface area contributed by atoms with E-state index in [1.54, 1.807) is 25.4 Å². The van der Waals surface area contributed by atoms with Crippen LogP contribution in [0.15, 0.2) is 24.0 Å². The van der Waals surface area contributed by atoms with E-state index in [0.29, 0.717) is 18.0 Å². The maximum atomic E-state index is 11.7. The topological polar surface area (TPSA) is 55.3 Å². The van der Waals surface area contributed by atoms with Gasteiger partial charge in [0.25, 0.3) is 0 Å². The first-order valence-electron chi connectivity index (χ1n) is 5.83. The number of anilines is 1. The summed E-state index contributed by atoms with van der Waals surface area (Å²) in [5.74, 6) is 0.429. The standard InChI is InChI=1S/C12H14ClN3O2/c1-2-18-11(17)9-4-3-7-16(8-9)10-5-6-14-12(13)15-10/h5-6,8H,2-4,7H2,1H3. The van der Waals surface area contributed by atoms with Gasteiger partial charge in [0.05, 0.1) is 12.2 Å². The third-order valence-corrected chi connectivity index (χ3v) is 2.78. The van der Waals surface area contributed by atoms with Crippen molar-refractivity contribution >= 4 is 23.4 Å². The van der Waals surface area contributed by atoms with E-state index in [1.807, 2.05) is 4.90 Å². The molecule has 5 nitrogen and oxygen atoms in total. The highest BCUT2D eigenvalue weighted by Gasteiger charge is 2.18. The van der Waals surface area contributed by atoms with E-state index in [4.69, 9.17) is 16.3 Å². The number of aromatic nitrogens is 2. The molecule has 18 heavy (non-hydrogen) atoms. The van der Waals surface area contributed by atoms with E-state index < -0.39 is 0 Å². The van der Waals surface area contributed by atoms with E-state index in [2.05, 4.69) is 9.97 Å². The van der Waals surface area contributed by atoms with Gasteiger partial charge in [-0.05, 0) is 37.4 Å². The number of halogens is 1. The predicted octanol–water partition coefficient (Wildman–Crippen LogP) is 2.18. The molecule has 0 spiro atoms. The molecule has 2 heterocycles. The van der Waals surface area contributed by atoms with Crippen molar-refractivity contribution in [2.75, 3.05) is 18.1 Å². The molecular formula is C12H14ClN3O2. The van der Waals surface area contributed by atoms with Crippen LogP contribution >= 0.6 is 11.6 Å². The van der Waals surface area contributed by atoms with Crippen LogP contribution in [-0.4, -0.2) is 29.1 Å². The number of ether oxygens (including phenoxy) is 1. The molecule has 1 aromatic rings. The minimum absolute atomic E-state index is 0.198. The zero-order valence-corrected chi connectivity index (χ0v) is 10.9. The molecule has 0 amide bonds. The lowest BCUT2D eigenvalue weighted by Crippen LogP contribution is -2.26. The van der Waals surface area contributed by atoms with Crippen LogP contribution in [0.5, 0.6) is 0 Å². The third kappa shape index (κ3) is 2.98. The number of carbonyl (C=O) groups excluding carboxylic acids is 1. The minimum atomic E-state index is -0.262. The molecule has 1 aromatic heterocycles. The Balaban J connectivity index is 2.19. The summed E-state index contributed by atoms with van der Waals surface area (Å²) in [5, 5.41) is 0.198. The van der Waals surface area contributed by atoms with Gasteiger partial charge in [0.1, 0.15) is 5.82 Å². The van der Waals surface area contributed by atoms with E-state index in [9.17, 15) is 4.79 Å². The van der Waals surface area contributed by atoms with Gasteiger partial charge in [-0.1, -0.05) is 0 Å². The van der Waals surface area contributed by atoms with Crippen molar-refractivity contribution < 1.29 is 9.53 Å². The molecule has 0 bridgehead atoms. The Morgan fingerprint density at radius 2 is 2.44 bits per heavy atom. The summed E-state index contributed by atoms with van der Waals surface area (Å²) in [5.41, 5.74) is 0.665. The lowest BCUT2D eigenvalue weighted by atomic mass is 10.1. The monoisotopic (exact) mass is 267 g/mol. The first kappa shape index (κ1) is 12.8. The molecule has 96 valence electrons. The highest BCUT2D eigenvalue weighted by Crippen LogP contribution is 2.21. The van der Waals surface area contributed by atoms with Crippen LogP contribution in [0.3, 0.4) is 0 Å². The summed E-state index contributed by atoms with van der Waals surface area (Å²) in [4.78, 5) is 21.5. The number of carbonyl (C=O) groups is 1. The predicted molar refractivity (Wildman–Crippen MR) is 68.3 cm³/mol. The molecule has 0 saturated carbocycles. The second kappa shape index (κ2) is 5.82. The molecule has 0 aromatic carbocycles. The molecule has 0 saturated heterocycles. The minimum Gasteiger partial charge on any atom is -0.463 e. The number of rotatable bonds is 3. The van der Waals surface area contributed by atoms with Gasteiger partial charge in [-0.3, -0.25) is 0 Å².